The van der Waals surface area contributed by atoms with Crippen LogP contribution in [0.5, 0.6) is 0 Å². The van der Waals surface area contributed by atoms with E-state index in [4.69, 9.17) is 0 Å². The minimum absolute atomic E-state index is 0.427. The lowest BCUT2D eigenvalue weighted by Gasteiger charge is -2.15. The van der Waals surface area contributed by atoms with E-state index in [2.05, 4.69) is 29.9 Å². The average Bonchev–Trinajstić information content (AvgIpc) is 2.27. The summed E-state index contributed by atoms with van der Waals surface area (Å²) < 4.78 is 0. The molecule has 0 aliphatic heterocycles. The van der Waals surface area contributed by atoms with E-state index in [1.54, 1.807) is 0 Å². The minimum atomic E-state index is 0.427. The molecule has 0 aromatic carbocycles. The molecule has 0 bridgehead atoms. The van der Waals surface area contributed by atoms with Gasteiger partial charge in [-0.25, -0.2) is 4.98 Å². The Morgan fingerprint density at radius 1 is 1.50 bits per heavy atom. The van der Waals surface area contributed by atoms with Gasteiger partial charge in [0.25, 0.3) is 0 Å². The second kappa shape index (κ2) is 6.16. The molecule has 3 nitrogen and oxygen atoms in total. The first-order valence-corrected chi connectivity index (χ1v) is 5.64. The lowest BCUT2D eigenvalue weighted by atomic mass is 10.2. The van der Waals surface area contributed by atoms with Crippen molar-refractivity contribution in [2.75, 3.05) is 24.3 Å². The lowest BCUT2D eigenvalue weighted by Crippen LogP contribution is -2.16. The van der Waals surface area contributed by atoms with Crippen LogP contribution >= 0.6 is 0 Å². The number of hydrogen-bond donors (Lipinski definition) is 1. The summed E-state index contributed by atoms with van der Waals surface area (Å²) in [4.78, 5) is 6.41. The third kappa shape index (κ3) is 3.93. The highest BCUT2D eigenvalue weighted by Gasteiger charge is 2.02. The van der Waals surface area contributed by atoms with Crippen LogP contribution in [0.3, 0.4) is 0 Å². The molecule has 0 aliphatic carbocycles. The van der Waals surface area contributed by atoms with Crippen LogP contribution in [0.2, 0.25) is 0 Å². The fourth-order valence-electron chi connectivity index (χ4n) is 1.43. The molecule has 88 valence electrons. The lowest BCUT2D eigenvalue weighted by molar-refractivity contribution is 0.715. The predicted octanol–water partition coefficient (Wildman–Crippen LogP) is 2.91. The first kappa shape index (κ1) is 12.6. The Labute approximate surface area is 98.2 Å². The summed E-state index contributed by atoms with van der Waals surface area (Å²) in [7, 11) is 4.02. The maximum Gasteiger partial charge on any atom is 0.126 e. The van der Waals surface area contributed by atoms with Crippen molar-refractivity contribution >= 4 is 11.5 Å². The van der Waals surface area contributed by atoms with Crippen molar-refractivity contribution in [2.24, 2.45) is 0 Å². The van der Waals surface area contributed by atoms with Crippen molar-refractivity contribution in [3.8, 4) is 0 Å². The normalized spacial score (nSPS) is 11.9. The van der Waals surface area contributed by atoms with Gasteiger partial charge in [0.2, 0.25) is 0 Å². The van der Waals surface area contributed by atoms with E-state index >= 15 is 0 Å². The van der Waals surface area contributed by atoms with E-state index in [-0.39, 0.29) is 0 Å². The molecule has 1 rings (SSSR count). The van der Waals surface area contributed by atoms with Crippen molar-refractivity contribution in [3.05, 3.63) is 31.0 Å². The number of nitrogens with zero attached hydrogens (tertiary/aromatic N) is 2. The molecule has 1 aromatic heterocycles. The first-order chi connectivity index (χ1) is 7.63. The van der Waals surface area contributed by atoms with E-state index < -0.39 is 0 Å². The van der Waals surface area contributed by atoms with Gasteiger partial charge in [0.15, 0.2) is 0 Å². The highest BCUT2D eigenvalue weighted by molar-refractivity contribution is 5.48. The summed E-state index contributed by atoms with van der Waals surface area (Å²) in [5.74, 6) is 0.933. The zero-order chi connectivity index (χ0) is 12.0. The van der Waals surface area contributed by atoms with Gasteiger partial charge >= 0.3 is 0 Å². The number of anilines is 2. The molecule has 0 saturated heterocycles. The Balaban J connectivity index is 2.51. The van der Waals surface area contributed by atoms with Crippen molar-refractivity contribution in [1.29, 1.82) is 0 Å². The molecule has 0 aliphatic rings. The highest BCUT2D eigenvalue weighted by Crippen LogP contribution is 2.13. The molecule has 0 saturated carbocycles. The zero-order valence-electron chi connectivity index (χ0n) is 10.4. The largest absolute Gasteiger partial charge is 0.376 e. The Morgan fingerprint density at radius 3 is 2.75 bits per heavy atom. The number of nitrogens with one attached hydrogen (secondary N) is 1. The second-order valence-corrected chi connectivity index (χ2v) is 4.21. The van der Waals surface area contributed by atoms with Crippen LogP contribution in [0.4, 0.5) is 11.5 Å². The number of aromatic nitrogens is 1. The summed E-state index contributed by atoms with van der Waals surface area (Å²) in [6, 6.07) is 4.51. The second-order valence-electron chi connectivity index (χ2n) is 4.21. The van der Waals surface area contributed by atoms with E-state index in [1.807, 2.05) is 37.3 Å². The smallest absolute Gasteiger partial charge is 0.126 e. The van der Waals surface area contributed by atoms with Crippen molar-refractivity contribution in [3.63, 3.8) is 0 Å². The van der Waals surface area contributed by atoms with Gasteiger partial charge in [-0.2, -0.15) is 0 Å². The number of allylic oxidation sites excluding steroid dienone is 1. The Morgan fingerprint density at radius 2 is 2.25 bits per heavy atom. The Kier molecular flexibility index (Phi) is 4.83. The number of pyridine rings is 1. The van der Waals surface area contributed by atoms with E-state index in [0.29, 0.717) is 6.04 Å². The van der Waals surface area contributed by atoms with Gasteiger partial charge in [-0.3, -0.25) is 0 Å². The SMILES string of the molecule is C=CCCC(C)Nc1ccc(N(C)C)cn1. The van der Waals surface area contributed by atoms with Crippen LogP contribution in [0.1, 0.15) is 19.8 Å². The van der Waals surface area contributed by atoms with Gasteiger partial charge in [-0.05, 0) is 31.9 Å². The monoisotopic (exact) mass is 219 g/mol. The molecule has 1 atom stereocenters. The van der Waals surface area contributed by atoms with Crippen molar-refractivity contribution < 1.29 is 0 Å². The fourth-order valence-corrected chi connectivity index (χ4v) is 1.43. The van der Waals surface area contributed by atoms with Gasteiger partial charge in [0, 0.05) is 20.1 Å². The van der Waals surface area contributed by atoms with E-state index in [0.717, 1.165) is 24.3 Å². The Bertz CT molecular complexity index is 316. The van der Waals surface area contributed by atoms with Crippen LogP contribution < -0.4 is 10.2 Å². The molecule has 0 amide bonds. The summed E-state index contributed by atoms with van der Waals surface area (Å²) >= 11 is 0. The summed E-state index contributed by atoms with van der Waals surface area (Å²) in [6.45, 7) is 5.88. The zero-order valence-corrected chi connectivity index (χ0v) is 10.4. The molecular weight excluding hydrogens is 198 g/mol. The van der Waals surface area contributed by atoms with Crippen LogP contribution in [0.15, 0.2) is 31.0 Å². The molecule has 1 unspecified atom stereocenters. The van der Waals surface area contributed by atoms with Gasteiger partial charge in [-0.1, -0.05) is 6.08 Å². The third-order valence-electron chi connectivity index (χ3n) is 2.46. The summed E-state index contributed by atoms with van der Waals surface area (Å²) in [5.41, 5.74) is 1.12. The third-order valence-corrected chi connectivity index (χ3v) is 2.46. The van der Waals surface area contributed by atoms with E-state index in [1.165, 1.54) is 0 Å². The van der Waals surface area contributed by atoms with Gasteiger partial charge in [-0.15, -0.1) is 6.58 Å². The van der Waals surface area contributed by atoms with E-state index in [9.17, 15) is 0 Å². The molecule has 16 heavy (non-hydrogen) atoms. The van der Waals surface area contributed by atoms with Gasteiger partial charge < -0.3 is 10.2 Å². The van der Waals surface area contributed by atoms with Gasteiger partial charge in [0.05, 0.1) is 11.9 Å². The molecule has 0 fully saturated rings. The van der Waals surface area contributed by atoms with Crippen LogP contribution in [-0.4, -0.2) is 25.1 Å². The van der Waals surface area contributed by atoms with Crippen LogP contribution in [0, 0.1) is 0 Å². The molecule has 0 radical (unpaired) electrons. The number of rotatable bonds is 6. The molecule has 0 spiro atoms. The standard InChI is InChI=1S/C13H21N3/c1-5-6-7-11(2)15-13-9-8-12(10-14-13)16(3)4/h5,8-11H,1,6-7H2,2-4H3,(H,14,15). The van der Waals surface area contributed by atoms with Crippen molar-refractivity contribution in [1.82, 2.24) is 4.98 Å². The predicted molar refractivity (Wildman–Crippen MR) is 71.1 cm³/mol. The van der Waals surface area contributed by atoms with Crippen molar-refractivity contribution in [2.45, 2.75) is 25.8 Å². The summed E-state index contributed by atoms with van der Waals surface area (Å²) in [5, 5.41) is 3.37. The highest BCUT2D eigenvalue weighted by atomic mass is 15.1. The summed E-state index contributed by atoms with van der Waals surface area (Å²) in [6.07, 6.45) is 5.94. The topological polar surface area (TPSA) is 28.2 Å². The Hall–Kier alpha value is -1.51. The number of hydrogen-bond acceptors (Lipinski definition) is 3. The maximum atomic E-state index is 4.37. The first-order valence-electron chi connectivity index (χ1n) is 5.64. The molecule has 3 heteroatoms. The van der Waals surface area contributed by atoms with Gasteiger partial charge in [0.1, 0.15) is 5.82 Å². The molecule has 1 N–H and O–H groups in total. The van der Waals surface area contributed by atoms with Crippen LogP contribution in [-0.2, 0) is 0 Å². The fraction of sp³-hybridized carbons (Fsp3) is 0.462. The molecule has 1 heterocycles. The quantitative estimate of drug-likeness (QED) is 0.746. The molecule has 1 aromatic rings. The van der Waals surface area contributed by atoms with Crippen LogP contribution in [0.25, 0.3) is 0 Å². The minimum Gasteiger partial charge on any atom is -0.376 e. The average molecular weight is 219 g/mol. The maximum absolute atomic E-state index is 4.37. The molecular formula is C13H21N3.